The second-order valence-electron chi connectivity index (χ2n) is 5.53. The first-order chi connectivity index (χ1) is 8.84. The quantitative estimate of drug-likeness (QED) is 0.813. The number of urea groups is 1. The average Bonchev–Trinajstić information content (AvgIpc) is 2.83. The van der Waals surface area contributed by atoms with E-state index >= 15 is 0 Å². The van der Waals surface area contributed by atoms with Gasteiger partial charge in [0.1, 0.15) is 0 Å². The fourth-order valence-electron chi connectivity index (χ4n) is 2.85. The Labute approximate surface area is 110 Å². The minimum atomic E-state index is -0.0175. The van der Waals surface area contributed by atoms with Crippen molar-refractivity contribution in [3.05, 3.63) is 0 Å². The molecule has 104 valence electrons. The number of carbonyl (C=O) groups is 1. The van der Waals surface area contributed by atoms with Crippen molar-refractivity contribution in [2.24, 2.45) is 0 Å². The second kappa shape index (κ2) is 7.62. The van der Waals surface area contributed by atoms with Crippen molar-refractivity contribution in [1.29, 1.82) is 0 Å². The number of carbonyl (C=O) groups excluding carboxylic acids is 1. The Kier molecular flexibility index (Phi) is 5.78. The lowest BCUT2D eigenvalue weighted by molar-refractivity contribution is 0.111. The standard InChI is InChI=1S/C14H26N2O2/c17-14(15-11-13-9-6-10-18-13)16-12-7-4-2-1-3-5-8-12/h12-13H,1-11H2,(H2,15,16,17). The molecule has 4 heteroatoms. The second-order valence-corrected chi connectivity index (χ2v) is 5.53. The molecule has 2 rings (SSSR count). The Morgan fingerprint density at radius 1 is 1.00 bits per heavy atom. The van der Waals surface area contributed by atoms with Gasteiger partial charge in [-0.1, -0.05) is 32.1 Å². The monoisotopic (exact) mass is 254 g/mol. The van der Waals surface area contributed by atoms with E-state index in [0.29, 0.717) is 12.6 Å². The van der Waals surface area contributed by atoms with Crippen molar-refractivity contribution in [2.75, 3.05) is 13.2 Å². The lowest BCUT2D eigenvalue weighted by Gasteiger charge is -2.21. The first-order valence-electron chi connectivity index (χ1n) is 7.50. The maximum absolute atomic E-state index is 11.8. The third kappa shape index (κ3) is 4.84. The van der Waals surface area contributed by atoms with Gasteiger partial charge in [0.2, 0.25) is 0 Å². The zero-order chi connectivity index (χ0) is 12.6. The molecule has 0 aromatic heterocycles. The number of hydrogen-bond acceptors (Lipinski definition) is 2. The minimum Gasteiger partial charge on any atom is -0.376 e. The van der Waals surface area contributed by atoms with E-state index in [1.54, 1.807) is 0 Å². The Balaban J connectivity index is 1.62. The van der Waals surface area contributed by atoms with Crippen molar-refractivity contribution in [2.45, 2.75) is 69.9 Å². The summed E-state index contributed by atoms with van der Waals surface area (Å²) in [6, 6.07) is 0.353. The molecule has 18 heavy (non-hydrogen) atoms. The van der Waals surface area contributed by atoms with E-state index in [4.69, 9.17) is 4.74 Å². The van der Waals surface area contributed by atoms with E-state index < -0.39 is 0 Å². The van der Waals surface area contributed by atoms with Crippen LogP contribution in [0.2, 0.25) is 0 Å². The highest BCUT2D eigenvalue weighted by molar-refractivity contribution is 5.74. The Morgan fingerprint density at radius 2 is 1.72 bits per heavy atom. The lowest BCUT2D eigenvalue weighted by atomic mass is 9.97. The molecular weight excluding hydrogens is 228 g/mol. The van der Waals surface area contributed by atoms with Crippen molar-refractivity contribution in [3.63, 3.8) is 0 Å². The summed E-state index contributed by atoms with van der Waals surface area (Å²) in [5.41, 5.74) is 0. The molecule has 0 radical (unpaired) electrons. The molecule has 1 aliphatic heterocycles. The SMILES string of the molecule is O=C(NCC1CCCO1)NC1CCCCCCC1. The summed E-state index contributed by atoms with van der Waals surface area (Å²) < 4.78 is 5.49. The molecule has 0 bridgehead atoms. The van der Waals surface area contributed by atoms with Crippen LogP contribution in [0.25, 0.3) is 0 Å². The van der Waals surface area contributed by atoms with E-state index in [9.17, 15) is 4.79 Å². The molecule has 1 atom stereocenters. The van der Waals surface area contributed by atoms with Crippen LogP contribution in [-0.2, 0) is 4.74 Å². The van der Waals surface area contributed by atoms with Gasteiger partial charge in [0.05, 0.1) is 6.10 Å². The highest BCUT2D eigenvalue weighted by Crippen LogP contribution is 2.17. The van der Waals surface area contributed by atoms with Crippen LogP contribution in [0.1, 0.15) is 57.8 Å². The number of nitrogens with one attached hydrogen (secondary N) is 2. The number of ether oxygens (including phenoxy) is 1. The molecular formula is C14H26N2O2. The predicted molar refractivity (Wildman–Crippen MR) is 71.6 cm³/mol. The van der Waals surface area contributed by atoms with Gasteiger partial charge in [-0.15, -0.1) is 0 Å². The molecule has 2 amide bonds. The fourth-order valence-corrected chi connectivity index (χ4v) is 2.85. The highest BCUT2D eigenvalue weighted by Gasteiger charge is 2.17. The van der Waals surface area contributed by atoms with Gasteiger partial charge in [0.15, 0.2) is 0 Å². The van der Waals surface area contributed by atoms with Crippen LogP contribution in [0.15, 0.2) is 0 Å². The first-order valence-corrected chi connectivity index (χ1v) is 7.50. The summed E-state index contributed by atoms with van der Waals surface area (Å²) in [6.45, 7) is 1.50. The molecule has 2 fully saturated rings. The molecule has 0 aromatic carbocycles. The Morgan fingerprint density at radius 3 is 2.39 bits per heavy atom. The molecule has 1 unspecified atom stereocenters. The van der Waals surface area contributed by atoms with E-state index in [2.05, 4.69) is 10.6 Å². The largest absolute Gasteiger partial charge is 0.376 e. The zero-order valence-electron chi connectivity index (χ0n) is 11.2. The van der Waals surface area contributed by atoms with Crippen molar-refractivity contribution in [1.82, 2.24) is 10.6 Å². The van der Waals surface area contributed by atoms with E-state index in [-0.39, 0.29) is 12.1 Å². The molecule has 2 aliphatic rings. The third-order valence-corrected chi connectivity index (χ3v) is 3.95. The molecule has 1 aliphatic carbocycles. The molecule has 1 saturated carbocycles. The summed E-state index contributed by atoms with van der Waals surface area (Å²) in [5, 5.41) is 6.04. The van der Waals surface area contributed by atoms with Crippen molar-refractivity contribution >= 4 is 6.03 Å². The summed E-state index contributed by atoms with van der Waals surface area (Å²) in [4.78, 5) is 11.8. The predicted octanol–water partition coefficient (Wildman–Crippen LogP) is 2.58. The highest BCUT2D eigenvalue weighted by atomic mass is 16.5. The van der Waals surface area contributed by atoms with Gasteiger partial charge in [0.25, 0.3) is 0 Å². The average molecular weight is 254 g/mol. The topological polar surface area (TPSA) is 50.4 Å². The number of rotatable bonds is 3. The van der Waals surface area contributed by atoms with Crippen LogP contribution in [-0.4, -0.2) is 31.3 Å². The lowest BCUT2D eigenvalue weighted by Crippen LogP contribution is -2.44. The van der Waals surface area contributed by atoms with E-state index in [1.165, 1.54) is 32.1 Å². The smallest absolute Gasteiger partial charge is 0.315 e. The maximum atomic E-state index is 11.8. The summed E-state index contributed by atoms with van der Waals surface area (Å²) in [5.74, 6) is 0. The fraction of sp³-hybridized carbons (Fsp3) is 0.929. The number of amides is 2. The van der Waals surface area contributed by atoms with E-state index in [1.807, 2.05) is 0 Å². The molecule has 2 N–H and O–H groups in total. The van der Waals surface area contributed by atoms with Gasteiger partial charge in [-0.3, -0.25) is 0 Å². The van der Waals surface area contributed by atoms with Crippen LogP contribution in [0.4, 0.5) is 4.79 Å². The van der Waals surface area contributed by atoms with Crippen LogP contribution >= 0.6 is 0 Å². The summed E-state index contributed by atoms with van der Waals surface area (Å²) >= 11 is 0. The van der Waals surface area contributed by atoms with Crippen LogP contribution in [0.3, 0.4) is 0 Å². The number of hydrogen-bond donors (Lipinski definition) is 2. The van der Waals surface area contributed by atoms with Gasteiger partial charge in [-0.25, -0.2) is 4.79 Å². The molecule has 0 spiro atoms. The molecule has 1 saturated heterocycles. The van der Waals surface area contributed by atoms with Gasteiger partial charge in [-0.05, 0) is 25.7 Å². The normalized spacial score (nSPS) is 26.3. The van der Waals surface area contributed by atoms with Gasteiger partial charge in [0, 0.05) is 19.2 Å². The van der Waals surface area contributed by atoms with Crippen LogP contribution in [0, 0.1) is 0 Å². The van der Waals surface area contributed by atoms with Gasteiger partial charge in [-0.2, -0.15) is 0 Å². The van der Waals surface area contributed by atoms with Gasteiger partial charge >= 0.3 is 6.03 Å². The zero-order valence-corrected chi connectivity index (χ0v) is 11.2. The first kappa shape index (κ1) is 13.7. The molecule has 4 nitrogen and oxygen atoms in total. The molecule has 0 aromatic rings. The van der Waals surface area contributed by atoms with E-state index in [0.717, 1.165) is 32.3 Å². The minimum absolute atomic E-state index is 0.0175. The summed E-state index contributed by atoms with van der Waals surface area (Å²) in [6.07, 6.45) is 11.2. The van der Waals surface area contributed by atoms with Crippen molar-refractivity contribution in [3.8, 4) is 0 Å². The van der Waals surface area contributed by atoms with Crippen LogP contribution in [0.5, 0.6) is 0 Å². The Bertz CT molecular complexity index is 244. The third-order valence-electron chi connectivity index (χ3n) is 3.95. The summed E-state index contributed by atoms with van der Waals surface area (Å²) in [7, 11) is 0. The molecule has 1 heterocycles. The Hall–Kier alpha value is -0.770. The van der Waals surface area contributed by atoms with Gasteiger partial charge < -0.3 is 15.4 Å². The maximum Gasteiger partial charge on any atom is 0.315 e. The van der Waals surface area contributed by atoms with Crippen molar-refractivity contribution < 1.29 is 9.53 Å². The van der Waals surface area contributed by atoms with Crippen LogP contribution < -0.4 is 10.6 Å².